The molecule has 8 aliphatic rings. The molecule has 5 N–H and O–H groups in total. The third kappa shape index (κ3) is 22.2. The molecule has 4 fully saturated rings. The summed E-state index contributed by atoms with van der Waals surface area (Å²) < 4.78 is 84.9. The van der Waals surface area contributed by atoms with E-state index in [0.717, 1.165) is 187 Å². The number of anilines is 2. The van der Waals surface area contributed by atoms with Gasteiger partial charge in [-0.25, -0.2) is 36.2 Å². The molecular formula is C99H114Cl2N14O15S2. The quantitative estimate of drug-likeness (QED) is 0.0248. The van der Waals surface area contributed by atoms with Crippen LogP contribution in [0.3, 0.4) is 0 Å². The van der Waals surface area contributed by atoms with Crippen LogP contribution in [0.15, 0.2) is 179 Å². The van der Waals surface area contributed by atoms with Crippen molar-refractivity contribution < 1.29 is 60.3 Å². The summed E-state index contributed by atoms with van der Waals surface area (Å²) in [5.74, 6) is -0.683. The number of allylic oxidation sites excluding steroid dienone is 2. The lowest BCUT2D eigenvalue weighted by molar-refractivity contribution is -0.386. The van der Waals surface area contributed by atoms with Crippen LogP contribution < -0.4 is 38.2 Å². The Morgan fingerprint density at radius 1 is 0.515 bits per heavy atom. The van der Waals surface area contributed by atoms with Crippen LogP contribution in [0.1, 0.15) is 161 Å². The number of piperazine rings is 2. The van der Waals surface area contributed by atoms with Crippen LogP contribution in [0.4, 0.5) is 22.7 Å². The molecule has 2 amide bonds. The second-order valence-electron chi connectivity index (χ2n) is 38.4. The highest BCUT2D eigenvalue weighted by Crippen LogP contribution is 2.48. The number of hydrogen-bond acceptors (Lipinski definition) is 23. The lowest BCUT2D eigenvalue weighted by Gasteiger charge is -2.39. The van der Waals surface area contributed by atoms with E-state index in [9.17, 15) is 51.8 Å². The first kappa shape index (κ1) is 92.8. The molecule has 0 bridgehead atoms. The summed E-state index contributed by atoms with van der Waals surface area (Å²) in [6.45, 7) is 25.0. The number of pyridine rings is 2. The lowest BCUT2D eigenvalue weighted by atomic mass is 9.72. The number of nitrogens with zero attached hydrogens (tertiary/aromatic N) is 10. The zero-order valence-corrected chi connectivity index (χ0v) is 78.4. The summed E-state index contributed by atoms with van der Waals surface area (Å²) in [7, 11) is -9.26. The van der Waals surface area contributed by atoms with Gasteiger partial charge in [0.15, 0.2) is 0 Å². The number of aromatic amines is 2. The maximum atomic E-state index is 14.1. The number of nitro benzene ring substituents is 2. The molecule has 6 aromatic carbocycles. The number of halogens is 2. The number of likely N-dealkylation sites (tertiary alicyclic amines) is 2. The van der Waals surface area contributed by atoms with Gasteiger partial charge in [-0.3, -0.25) is 39.6 Å². The number of carbonyl (C=O) groups excluding carboxylic acids is 2. The van der Waals surface area contributed by atoms with Crippen LogP contribution >= 0.6 is 23.2 Å². The summed E-state index contributed by atoms with van der Waals surface area (Å²) >= 11 is 12.5. The number of piperidine rings is 2. The Morgan fingerprint density at radius 3 is 1.33 bits per heavy atom. The molecule has 10 aromatic rings. The van der Waals surface area contributed by atoms with Crippen LogP contribution in [0.25, 0.3) is 33.2 Å². The van der Waals surface area contributed by atoms with Crippen LogP contribution in [-0.4, -0.2) is 207 Å². The largest absolute Gasteiger partial charge is 0.493 e. The van der Waals surface area contributed by atoms with Crippen LogP contribution in [-0.2, 0) is 32.9 Å². The predicted octanol–water partition coefficient (Wildman–Crippen LogP) is 17.9. The number of amides is 2. The molecule has 0 spiro atoms. The predicted molar refractivity (Wildman–Crippen MR) is 511 cm³/mol. The summed E-state index contributed by atoms with van der Waals surface area (Å²) in [6, 6.07) is 38.3. The average molecular weight is 1880 g/mol. The van der Waals surface area contributed by atoms with Gasteiger partial charge in [0.2, 0.25) is 0 Å². The van der Waals surface area contributed by atoms with Crippen molar-refractivity contribution in [2.45, 2.75) is 146 Å². The Labute approximate surface area is 779 Å². The molecule has 2 atom stereocenters. The number of ether oxygens (including phenoxy) is 4. The smallest absolute Gasteiger partial charge is 0.277 e. The van der Waals surface area contributed by atoms with Crippen molar-refractivity contribution in [3.8, 4) is 34.5 Å². The summed E-state index contributed by atoms with van der Waals surface area (Å²) in [5, 5.41) is 38.2. The monoisotopic (exact) mass is 1870 g/mol. The fourth-order valence-electron chi connectivity index (χ4n) is 19.6. The van der Waals surface area contributed by atoms with E-state index in [2.05, 4.69) is 111 Å². The number of aliphatic hydroxyl groups is 1. The van der Waals surface area contributed by atoms with Crippen molar-refractivity contribution in [1.82, 2.24) is 49.0 Å². The van der Waals surface area contributed by atoms with Gasteiger partial charge in [0.25, 0.3) is 43.2 Å². The molecule has 132 heavy (non-hydrogen) atoms. The number of nitro groups is 2. The molecule has 0 radical (unpaired) electrons. The maximum absolute atomic E-state index is 14.1. The highest BCUT2D eigenvalue weighted by atomic mass is 35.5. The Kier molecular flexibility index (Phi) is 27.6. The van der Waals surface area contributed by atoms with E-state index >= 15 is 0 Å². The first-order chi connectivity index (χ1) is 63.2. The molecule has 29 nitrogen and oxygen atoms in total. The number of rotatable bonds is 26. The Hall–Kier alpha value is -11.0. The standard InChI is InChI=1S/C50H58ClN7O8S.C49H56ClN7O7S/c1-49(2)13-10-36(43(29-49)34-4-6-37(51)7-5-34)31-56-20-22-57(23-21-56)38-8-9-41(46(26-38)66-39-25-35-11-16-52-47(35)53-30-39)48(59)54-67(63,64)40-27-44(58(61)62)42-24-33(32-65-45(42)28-40)12-17-55-18-14-50(3,60)15-19-55;1-49(2)15-12-36(43(29-49)34-6-8-37(50)9-7-34)31-55-20-22-56(23-21-55)38-10-11-41(46(26-38)64-39-25-35-13-16-51-47(35)52-30-39)48(58)53-65(61,62)40-27-44(57(59)60)42-24-33(32-63-45(42)28-40)14-19-54-17-4-3-5-18-54/h4-9,11,16,25-28,30,33,60H,10,12-15,17-24,29,31-32H2,1-3H3,(H,52,53)(H,54,59);6-11,13,16,25-28,30,33H,3-5,12,14-15,17-24,29,31-32H2,1-2H3,(H,51,52)(H,53,58)/t2*33-/m11/s1. The van der Waals surface area contributed by atoms with Crippen LogP contribution in [0.2, 0.25) is 10.0 Å². The van der Waals surface area contributed by atoms with Gasteiger partial charge in [-0.1, -0.05) is 92.7 Å². The van der Waals surface area contributed by atoms with Gasteiger partial charge in [-0.2, -0.15) is 0 Å². The number of sulfonamides is 2. The molecule has 4 aromatic heterocycles. The fourth-order valence-corrected chi connectivity index (χ4v) is 21.9. The highest BCUT2D eigenvalue weighted by Gasteiger charge is 2.39. The lowest BCUT2D eigenvalue weighted by Crippen LogP contribution is -2.47. The van der Waals surface area contributed by atoms with Crippen LogP contribution in [0, 0.1) is 42.9 Å². The van der Waals surface area contributed by atoms with E-state index < -0.39 is 57.1 Å². The fraction of sp³-hybridized carbons (Fsp3) is 0.434. The molecule has 2 aliphatic carbocycles. The van der Waals surface area contributed by atoms with Gasteiger partial charge in [-0.15, -0.1) is 0 Å². The molecule has 696 valence electrons. The van der Waals surface area contributed by atoms with Gasteiger partial charge in [0, 0.05) is 160 Å². The minimum absolute atomic E-state index is 0.0183. The van der Waals surface area contributed by atoms with Crippen molar-refractivity contribution in [1.29, 1.82) is 0 Å². The summed E-state index contributed by atoms with van der Waals surface area (Å²) in [6.07, 6.45) is 20.2. The third-order valence-electron chi connectivity index (χ3n) is 27.5. The number of nitrogens with one attached hydrogen (secondary N) is 4. The van der Waals surface area contributed by atoms with Crippen molar-refractivity contribution in [3.05, 3.63) is 233 Å². The minimum atomic E-state index is -4.64. The van der Waals surface area contributed by atoms with E-state index in [0.29, 0.717) is 79.3 Å². The van der Waals surface area contributed by atoms with Gasteiger partial charge >= 0.3 is 0 Å². The maximum Gasteiger partial charge on any atom is 0.277 e. The van der Waals surface area contributed by atoms with E-state index in [1.807, 2.05) is 43.3 Å². The van der Waals surface area contributed by atoms with Crippen molar-refractivity contribution >= 4 is 111 Å². The zero-order chi connectivity index (χ0) is 92.4. The molecule has 6 aliphatic heterocycles. The van der Waals surface area contributed by atoms with E-state index in [4.69, 9.17) is 42.1 Å². The first-order valence-electron chi connectivity index (χ1n) is 45.8. The molecule has 4 saturated heterocycles. The second-order valence-corrected chi connectivity index (χ2v) is 42.7. The van der Waals surface area contributed by atoms with Crippen molar-refractivity contribution in [2.24, 2.45) is 22.7 Å². The normalized spacial score (nSPS) is 19.7. The first-order valence-corrected chi connectivity index (χ1v) is 49.5. The molecule has 10 heterocycles. The number of aromatic nitrogens is 4. The zero-order valence-electron chi connectivity index (χ0n) is 75.2. The number of carbonyl (C=O) groups is 2. The SMILES string of the molecule is CC1(C)CCC(CN2CCN(c3ccc(C(=O)NS(=O)(=O)c4cc5c(c([N+](=O)[O-])c4)C[C@@H](CCN4CCC(C)(O)CC4)CO5)c(Oc4cnc5[nH]ccc5c4)c3)CC2)=C(c2ccc(Cl)cc2)C1.CC1(C)CCC(CN2CCN(c3ccc(C(=O)NS(=O)(=O)c4cc5c(c([N+](=O)[O-])c4)C[C@@H](CCN4CCCCC4)CO5)c(Oc4cnc5[nH]ccc5c4)c3)CC2)=C(c2ccc(Cl)cc2)C1. The average Bonchev–Trinajstić information content (AvgIpc) is 1.02. The third-order valence-corrected chi connectivity index (χ3v) is 30.6. The second kappa shape index (κ2) is 39.3. The molecular weight excluding hydrogens is 1760 g/mol. The number of hydrogen-bond donors (Lipinski definition) is 5. The van der Waals surface area contributed by atoms with E-state index in [-0.39, 0.29) is 74.8 Å². The van der Waals surface area contributed by atoms with Crippen LogP contribution in [0.5, 0.6) is 34.5 Å². The Morgan fingerprint density at radius 2 is 0.924 bits per heavy atom. The number of fused-ring (bicyclic) bond motifs is 4. The van der Waals surface area contributed by atoms with Crippen molar-refractivity contribution in [2.75, 3.05) is 128 Å². The van der Waals surface area contributed by atoms with Gasteiger partial charge < -0.3 is 53.6 Å². The molecule has 18 rings (SSSR count). The molecule has 0 unspecified atom stereocenters. The number of benzene rings is 6. The highest BCUT2D eigenvalue weighted by molar-refractivity contribution is 7.90. The summed E-state index contributed by atoms with van der Waals surface area (Å²) in [4.78, 5) is 80.0. The topological polar surface area (TPSA) is 347 Å². The van der Waals surface area contributed by atoms with Crippen molar-refractivity contribution in [3.63, 3.8) is 0 Å². The van der Waals surface area contributed by atoms with E-state index in [1.54, 1.807) is 60.9 Å². The summed E-state index contributed by atoms with van der Waals surface area (Å²) in [5.41, 5.74) is 10.8. The Bertz CT molecular complexity index is 6290. The Balaban J connectivity index is 0.000000184. The molecule has 0 saturated carbocycles. The van der Waals surface area contributed by atoms with Gasteiger partial charge in [0.1, 0.15) is 45.8 Å². The molecule has 33 heteroatoms. The number of H-pyrrole nitrogens is 2. The van der Waals surface area contributed by atoms with E-state index in [1.165, 1.54) is 77.2 Å². The minimum Gasteiger partial charge on any atom is -0.493 e. The van der Waals surface area contributed by atoms with Gasteiger partial charge in [0.05, 0.1) is 73.1 Å². The van der Waals surface area contributed by atoms with Gasteiger partial charge in [-0.05, 0) is 241 Å².